The zero-order valence-corrected chi connectivity index (χ0v) is 15.1. The molecule has 0 aliphatic carbocycles. The van der Waals surface area contributed by atoms with Gasteiger partial charge in [0, 0.05) is 10.2 Å². The smallest absolute Gasteiger partial charge is 0.262 e. The summed E-state index contributed by atoms with van der Waals surface area (Å²) in [7, 11) is 0. The lowest BCUT2D eigenvalue weighted by Crippen LogP contribution is -2.20. The maximum atomic E-state index is 11.9. The zero-order chi connectivity index (χ0) is 16.3. The van der Waals surface area contributed by atoms with Crippen molar-refractivity contribution in [1.82, 2.24) is 0 Å². The van der Waals surface area contributed by atoms with Gasteiger partial charge in [0.15, 0.2) is 6.61 Å². The summed E-state index contributed by atoms with van der Waals surface area (Å²) in [5, 5.41) is 3.54. The van der Waals surface area contributed by atoms with E-state index in [1.807, 2.05) is 26.0 Å². The van der Waals surface area contributed by atoms with Gasteiger partial charge in [0.05, 0.1) is 10.0 Å². The number of benzene rings is 2. The van der Waals surface area contributed by atoms with Crippen molar-refractivity contribution in [1.29, 1.82) is 0 Å². The third-order valence-electron chi connectivity index (χ3n) is 3.02. The minimum Gasteiger partial charge on any atom is -0.483 e. The highest BCUT2D eigenvalue weighted by Gasteiger charge is 2.08. The fraction of sp³-hybridized carbons (Fsp3) is 0.188. The van der Waals surface area contributed by atoms with Crippen LogP contribution in [0, 0.1) is 13.8 Å². The molecule has 6 heteroatoms. The summed E-state index contributed by atoms with van der Waals surface area (Å²) in [6, 6.07) is 8.76. The monoisotopic (exact) mass is 401 g/mol. The molecule has 0 aromatic heterocycles. The average molecular weight is 403 g/mol. The predicted octanol–water partition coefficient (Wildman–Crippen LogP) is 5.39. The zero-order valence-electron chi connectivity index (χ0n) is 12.0. The van der Waals surface area contributed by atoms with Gasteiger partial charge in [-0.1, -0.05) is 39.1 Å². The lowest BCUT2D eigenvalue weighted by atomic mass is 10.1. The molecule has 0 radical (unpaired) electrons. The summed E-state index contributed by atoms with van der Waals surface area (Å²) >= 11 is 15.2. The number of hydrogen-bond acceptors (Lipinski definition) is 2. The fourth-order valence-electron chi connectivity index (χ4n) is 1.82. The lowest BCUT2D eigenvalue weighted by Gasteiger charge is -2.11. The highest BCUT2D eigenvalue weighted by atomic mass is 79.9. The molecule has 0 bridgehead atoms. The van der Waals surface area contributed by atoms with E-state index in [1.54, 1.807) is 18.2 Å². The van der Waals surface area contributed by atoms with E-state index in [9.17, 15) is 4.79 Å². The van der Waals surface area contributed by atoms with Crippen LogP contribution in [0.5, 0.6) is 5.75 Å². The Balaban J connectivity index is 1.98. The number of rotatable bonds is 4. The molecular formula is C16H14BrCl2NO2. The van der Waals surface area contributed by atoms with Crippen LogP contribution in [0.15, 0.2) is 34.8 Å². The maximum absolute atomic E-state index is 11.9. The van der Waals surface area contributed by atoms with Gasteiger partial charge in [-0.25, -0.2) is 0 Å². The standard InChI is InChI=1S/C16H14BrCl2NO2/c1-9-6-15(10(2)5-12(9)17)22-8-16(21)20-11-3-4-13(18)14(19)7-11/h3-7H,8H2,1-2H3,(H,20,21). The second-order valence-corrected chi connectivity index (χ2v) is 6.50. The largest absolute Gasteiger partial charge is 0.483 e. The number of carbonyl (C=O) groups excluding carboxylic acids is 1. The molecule has 0 aliphatic heterocycles. The quantitative estimate of drug-likeness (QED) is 0.744. The van der Waals surface area contributed by atoms with Gasteiger partial charge in [-0.15, -0.1) is 0 Å². The van der Waals surface area contributed by atoms with Crippen molar-refractivity contribution in [3.8, 4) is 5.75 Å². The molecule has 1 amide bonds. The molecule has 0 saturated carbocycles. The average Bonchev–Trinajstić information content (AvgIpc) is 2.45. The van der Waals surface area contributed by atoms with Crippen LogP contribution in [0.4, 0.5) is 5.69 Å². The summed E-state index contributed by atoms with van der Waals surface area (Å²) in [4.78, 5) is 11.9. The van der Waals surface area contributed by atoms with E-state index in [0.29, 0.717) is 21.5 Å². The van der Waals surface area contributed by atoms with E-state index in [-0.39, 0.29) is 12.5 Å². The number of ether oxygens (including phenoxy) is 1. The molecular weight excluding hydrogens is 389 g/mol. The van der Waals surface area contributed by atoms with Crippen molar-refractivity contribution in [2.45, 2.75) is 13.8 Å². The van der Waals surface area contributed by atoms with Gasteiger partial charge in [0.2, 0.25) is 0 Å². The van der Waals surface area contributed by atoms with Crippen LogP contribution in [-0.2, 0) is 4.79 Å². The van der Waals surface area contributed by atoms with Crippen LogP contribution in [0.25, 0.3) is 0 Å². The Morgan fingerprint density at radius 3 is 2.55 bits per heavy atom. The third kappa shape index (κ3) is 4.38. The third-order valence-corrected chi connectivity index (χ3v) is 4.61. The first-order chi connectivity index (χ1) is 10.4. The number of aryl methyl sites for hydroxylation is 2. The van der Waals surface area contributed by atoms with Crippen LogP contribution in [0.3, 0.4) is 0 Å². The first kappa shape index (κ1) is 17.1. The van der Waals surface area contributed by atoms with Gasteiger partial charge in [-0.3, -0.25) is 4.79 Å². The van der Waals surface area contributed by atoms with Crippen LogP contribution in [0.1, 0.15) is 11.1 Å². The second-order valence-electron chi connectivity index (χ2n) is 4.83. The summed E-state index contributed by atoms with van der Waals surface area (Å²) in [5.74, 6) is 0.420. The molecule has 0 heterocycles. The first-order valence-electron chi connectivity index (χ1n) is 6.51. The van der Waals surface area contributed by atoms with Gasteiger partial charge in [-0.05, 0) is 55.3 Å². The Kier molecular flexibility index (Phi) is 5.73. The highest BCUT2D eigenvalue weighted by molar-refractivity contribution is 9.10. The number of nitrogens with one attached hydrogen (secondary N) is 1. The van der Waals surface area contributed by atoms with E-state index in [2.05, 4.69) is 21.2 Å². The highest BCUT2D eigenvalue weighted by Crippen LogP contribution is 2.27. The van der Waals surface area contributed by atoms with Crippen molar-refractivity contribution in [2.24, 2.45) is 0 Å². The molecule has 0 fully saturated rings. The normalized spacial score (nSPS) is 10.4. The molecule has 0 atom stereocenters. The molecule has 2 aromatic carbocycles. The molecule has 116 valence electrons. The van der Waals surface area contributed by atoms with Crippen molar-refractivity contribution in [2.75, 3.05) is 11.9 Å². The molecule has 2 rings (SSSR count). The summed E-state index contributed by atoms with van der Waals surface area (Å²) in [6.07, 6.45) is 0. The summed E-state index contributed by atoms with van der Waals surface area (Å²) < 4.78 is 6.58. The Bertz CT molecular complexity index is 720. The Morgan fingerprint density at radius 1 is 1.14 bits per heavy atom. The van der Waals surface area contributed by atoms with Crippen LogP contribution < -0.4 is 10.1 Å². The van der Waals surface area contributed by atoms with Gasteiger partial charge in [-0.2, -0.15) is 0 Å². The number of hydrogen-bond donors (Lipinski definition) is 1. The molecule has 0 aliphatic rings. The van der Waals surface area contributed by atoms with Gasteiger partial charge in [0.1, 0.15) is 5.75 Å². The number of amides is 1. The van der Waals surface area contributed by atoms with Gasteiger partial charge in [0.25, 0.3) is 5.91 Å². The Morgan fingerprint density at radius 2 is 1.86 bits per heavy atom. The maximum Gasteiger partial charge on any atom is 0.262 e. The van der Waals surface area contributed by atoms with Crippen molar-refractivity contribution >= 4 is 50.7 Å². The van der Waals surface area contributed by atoms with E-state index in [1.165, 1.54) is 0 Å². The van der Waals surface area contributed by atoms with E-state index < -0.39 is 0 Å². The summed E-state index contributed by atoms with van der Waals surface area (Å²) in [6.45, 7) is 3.81. The van der Waals surface area contributed by atoms with Crippen molar-refractivity contribution in [3.63, 3.8) is 0 Å². The molecule has 2 aromatic rings. The van der Waals surface area contributed by atoms with Crippen LogP contribution in [0.2, 0.25) is 10.0 Å². The molecule has 1 N–H and O–H groups in total. The van der Waals surface area contributed by atoms with Crippen LogP contribution in [-0.4, -0.2) is 12.5 Å². The molecule has 3 nitrogen and oxygen atoms in total. The van der Waals surface area contributed by atoms with Crippen LogP contribution >= 0.6 is 39.1 Å². The first-order valence-corrected chi connectivity index (χ1v) is 8.06. The Labute approximate surface area is 147 Å². The topological polar surface area (TPSA) is 38.3 Å². The van der Waals surface area contributed by atoms with Crippen molar-refractivity contribution in [3.05, 3.63) is 56.0 Å². The summed E-state index contributed by atoms with van der Waals surface area (Å²) in [5.41, 5.74) is 2.58. The molecule has 0 spiro atoms. The van der Waals surface area contributed by atoms with E-state index >= 15 is 0 Å². The Hall–Kier alpha value is -1.23. The van der Waals surface area contributed by atoms with E-state index in [4.69, 9.17) is 27.9 Å². The van der Waals surface area contributed by atoms with E-state index in [0.717, 1.165) is 15.6 Å². The predicted molar refractivity (Wildman–Crippen MR) is 94.2 cm³/mol. The van der Waals surface area contributed by atoms with Gasteiger partial charge >= 0.3 is 0 Å². The fourth-order valence-corrected chi connectivity index (χ4v) is 2.58. The number of carbonyl (C=O) groups is 1. The second kappa shape index (κ2) is 7.36. The number of anilines is 1. The van der Waals surface area contributed by atoms with Crippen molar-refractivity contribution < 1.29 is 9.53 Å². The minimum absolute atomic E-state index is 0.0812. The SMILES string of the molecule is Cc1cc(OCC(=O)Nc2ccc(Cl)c(Cl)c2)c(C)cc1Br. The lowest BCUT2D eigenvalue weighted by molar-refractivity contribution is -0.118. The molecule has 22 heavy (non-hydrogen) atoms. The molecule has 0 saturated heterocycles. The number of halogens is 3. The molecule has 0 unspecified atom stereocenters. The van der Waals surface area contributed by atoms with Gasteiger partial charge < -0.3 is 10.1 Å². The minimum atomic E-state index is -0.265.